The molecular weight excluding hydrogens is 440 g/mol. The Kier molecular flexibility index (Phi) is 7.61. The van der Waals surface area contributed by atoms with Gasteiger partial charge in [-0.1, -0.05) is 29.8 Å². The molecule has 3 aromatic carbocycles. The number of benzene rings is 3. The third-order valence-corrected chi connectivity index (χ3v) is 4.63. The molecular formula is C24H20N4O4S. The number of nitrogens with one attached hydrogen (secondary N) is 3. The molecule has 0 saturated carbocycles. The maximum Gasteiger partial charge on any atom is 0.270 e. The summed E-state index contributed by atoms with van der Waals surface area (Å²) in [6.07, 6.45) is 2.69. The largest absolute Gasteiger partial charge is 0.332 e. The molecule has 0 saturated heterocycles. The van der Waals surface area contributed by atoms with Crippen LogP contribution in [0.25, 0.3) is 6.08 Å². The van der Waals surface area contributed by atoms with Crippen LogP contribution in [0.4, 0.5) is 17.1 Å². The summed E-state index contributed by atoms with van der Waals surface area (Å²) in [6.45, 7) is 1.92. The molecule has 9 heteroatoms. The summed E-state index contributed by atoms with van der Waals surface area (Å²) in [5.41, 5.74) is 3.25. The Hall–Kier alpha value is -4.37. The molecule has 0 aliphatic carbocycles. The number of aryl methyl sites for hydroxylation is 1. The summed E-state index contributed by atoms with van der Waals surface area (Å²) in [5.74, 6) is -0.696. The molecule has 8 nitrogen and oxygen atoms in total. The van der Waals surface area contributed by atoms with Crippen molar-refractivity contribution in [2.45, 2.75) is 6.92 Å². The SMILES string of the molecule is Cc1cccc(C(=O)Nc2ccc(NC(=S)NC(=O)/C=C/c3cccc([N+](=O)[O-])c3)cc2)c1. The Balaban J connectivity index is 1.52. The van der Waals surface area contributed by atoms with Crippen molar-refractivity contribution in [1.29, 1.82) is 0 Å². The fraction of sp³-hybridized carbons (Fsp3) is 0.0417. The average Bonchev–Trinajstić information content (AvgIpc) is 2.79. The Bertz CT molecular complexity index is 1240. The number of non-ortho nitro benzene ring substituents is 1. The summed E-state index contributed by atoms with van der Waals surface area (Å²) in [7, 11) is 0. The molecule has 0 spiro atoms. The van der Waals surface area contributed by atoms with E-state index in [1.165, 1.54) is 30.4 Å². The first kappa shape index (κ1) is 23.3. The standard InChI is InChI=1S/C24H20N4O4S/c1-16-4-2-6-18(14-16)23(30)25-19-9-11-20(12-10-19)26-24(33)27-22(29)13-8-17-5-3-7-21(15-17)28(31)32/h2-15H,1H3,(H,25,30)(H2,26,27,29,33)/b13-8+. The molecule has 33 heavy (non-hydrogen) atoms. The number of carbonyl (C=O) groups excluding carboxylic acids is 2. The highest BCUT2D eigenvalue weighted by Gasteiger charge is 2.07. The number of hydrogen-bond donors (Lipinski definition) is 3. The van der Waals surface area contributed by atoms with E-state index in [0.717, 1.165) is 5.56 Å². The number of nitrogens with zero attached hydrogens (tertiary/aromatic N) is 1. The fourth-order valence-corrected chi connectivity index (χ4v) is 3.07. The molecule has 0 aromatic heterocycles. The van der Waals surface area contributed by atoms with E-state index in [2.05, 4.69) is 16.0 Å². The van der Waals surface area contributed by atoms with Gasteiger partial charge in [-0.2, -0.15) is 0 Å². The summed E-state index contributed by atoms with van der Waals surface area (Å²) in [4.78, 5) is 34.7. The van der Waals surface area contributed by atoms with Crippen molar-refractivity contribution in [1.82, 2.24) is 5.32 Å². The second kappa shape index (κ2) is 10.8. The highest BCUT2D eigenvalue weighted by atomic mass is 32.1. The van der Waals surface area contributed by atoms with Crippen molar-refractivity contribution in [3.8, 4) is 0 Å². The van der Waals surface area contributed by atoms with Gasteiger partial charge in [0.25, 0.3) is 11.6 Å². The highest BCUT2D eigenvalue weighted by molar-refractivity contribution is 7.80. The number of anilines is 2. The van der Waals surface area contributed by atoms with Gasteiger partial charge in [0.1, 0.15) is 0 Å². The molecule has 3 aromatic rings. The minimum Gasteiger partial charge on any atom is -0.332 e. The lowest BCUT2D eigenvalue weighted by Gasteiger charge is -2.10. The molecule has 0 atom stereocenters. The van der Waals surface area contributed by atoms with E-state index in [-0.39, 0.29) is 16.7 Å². The van der Waals surface area contributed by atoms with E-state index in [1.807, 2.05) is 19.1 Å². The van der Waals surface area contributed by atoms with Crippen molar-refractivity contribution in [2.24, 2.45) is 0 Å². The monoisotopic (exact) mass is 460 g/mol. The van der Waals surface area contributed by atoms with Gasteiger partial charge < -0.3 is 10.6 Å². The number of amides is 2. The van der Waals surface area contributed by atoms with E-state index in [0.29, 0.717) is 22.5 Å². The molecule has 0 heterocycles. The minimum absolute atomic E-state index is 0.0618. The number of carbonyl (C=O) groups is 2. The normalized spacial score (nSPS) is 10.5. The Labute approximate surface area is 195 Å². The lowest BCUT2D eigenvalue weighted by Crippen LogP contribution is -2.32. The minimum atomic E-state index is -0.504. The number of nitro benzene ring substituents is 1. The topological polar surface area (TPSA) is 113 Å². The van der Waals surface area contributed by atoms with Gasteiger partial charge in [-0.25, -0.2) is 0 Å². The first-order valence-corrected chi connectivity index (χ1v) is 10.2. The van der Waals surface area contributed by atoms with Crippen LogP contribution in [0.5, 0.6) is 0 Å². The van der Waals surface area contributed by atoms with Crippen LogP contribution in [-0.2, 0) is 4.79 Å². The van der Waals surface area contributed by atoms with Gasteiger partial charge in [-0.3, -0.25) is 25.0 Å². The maximum atomic E-state index is 12.3. The molecule has 0 aliphatic heterocycles. The number of hydrogen-bond acceptors (Lipinski definition) is 5. The lowest BCUT2D eigenvalue weighted by atomic mass is 10.1. The molecule has 3 rings (SSSR count). The smallest absolute Gasteiger partial charge is 0.270 e. The summed E-state index contributed by atoms with van der Waals surface area (Å²) >= 11 is 5.14. The van der Waals surface area contributed by atoms with E-state index in [1.54, 1.807) is 42.5 Å². The molecule has 2 amide bonds. The van der Waals surface area contributed by atoms with Crippen LogP contribution in [0.1, 0.15) is 21.5 Å². The molecule has 0 unspecified atom stereocenters. The summed E-state index contributed by atoms with van der Waals surface area (Å²) in [5, 5.41) is 19.1. The lowest BCUT2D eigenvalue weighted by molar-refractivity contribution is -0.384. The van der Waals surface area contributed by atoms with Crippen molar-refractivity contribution in [2.75, 3.05) is 10.6 Å². The van der Waals surface area contributed by atoms with E-state index >= 15 is 0 Å². The van der Waals surface area contributed by atoms with Crippen molar-refractivity contribution >= 4 is 52.3 Å². The first-order chi connectivity index (χ1) is 15.8. The number of nitro groups is 1. The van der Waals surface area contributed by atoms with Gasteiger partial charge in [0.2, 0.25) is 5.91 Å². The van der Waals surface area contributed by atoms with E-state index in [9.17, 15) is 19.7 Å². The zero-order valence-electron chi connectivity index (χ0n) is 17.6. The zero-order chi connectivity index (χ0) is 23.8. The van der Waals surface area contributed by atoms with Crippen LogP contribution in [0.15, 0.2) is 78.9 Å². The molecule has 3 N–H and O–H groups in total. The number of thiocarbonyl (C=S) groups is 1. The van der Waals surface area contributed by atoms with Crippen molar-refractivity contribution < 1.29 is 14.5 Å². The average molecular weight is 461 g/mol. The number of rotatable bonds is 6. The van der Waals surface area contributed by atoms with E-state index in [4.69, 9.17) is 12.2 Å². The van der Waals surface area contributed by atoms with Crippen LogP contribution in [0, 0.1) is 17.0 Å². The van der Waals surface area contributed by atoms with Gasteiger partial charge in [-0.05, 0) is 67.2 Å². The quantitative estimate of drug-likeness (QED) is 0.213. The van der Waals surface area contributed by atoms with Crippen LogP contribution >= 0.6 is 12.2 Å². The van der Waals surface area contributed by atoms with Crippen molar-refractivity contribution in [3.05, 3.63) is 106 Å². The highest BCUT2D eigenvalue weighted by Crippen LogP contribution is 2.16. The predicted octanol–water partition coefficient (Wildman–Crippen LogP) is 4.68. The molecule has 0 aliphatic rings. The fourth-order valence-electron chi connectivity index (χ4n) is 2.86. The summed E-state index contributed by atoms with van der Waals surface area (Å²) < 4.78 is 0. The van der Waals surface area contributed by atoms with Gasteiger partial charge >= 0.3 is 0 Å². The predicted molar refractivity (Wildman–Crippen MR) is 132 cm³/mol. The molecule has 0 fully saturated rings. The van der Waals surface area contributed by atoms with Gasteiger partial charge in [0, 0.05) is 35.1 Å². The second-order valence-corrected chi connectivity index (χ2v) is 7.44. The van der Waals surface area contributed by atoms with Gasteiger partial charge in [-0.15, -0.1) is 0 Å². The van der Waals surface area contributed by atoms with Gasteiger partial charge in [0.05, 0.1) is 4.92 Å². The first-order valence-electron chi connectivity index (χ1n) is 9.83. The van der Waals surface area contributed by atoms with E-state index < -0.39 is 10.8 Å². The van der Waals surface area contributed by atoms with Crippen molar-refractivity contribution in [3.63, 3.8) is 0 Å². The third kappa shape index (κ3) is 7.08. The van der Waals surface area contributed by atoms with Crippen LogP contribution in [0.2, 0.25) is 0 Å². The Morgan fingerprint density at radius 3 is 2.27 bits per heavy atom. The molecule has 0 bridgehead atoms. The second-order valence-electron chi connectivity index (χ2n) is 7.03. The van der Waals surface area contributed by atoms with Crippen LogP contribution in [-0.4, -0.2) is 21.9 Å². The molecule has 0 radical (unpaired) electrons. The maximum absolute atomic E-state index is 12.3. The zero-order valence-corrected chi connectivity index (χ0v) is 18.4. The summed E-state index contributed by atoms with van der Waals surface area (Å²) in [6, 6.07) is 20.1. The molecule has 166 valence electrons. The Morgan fingerprint density at radius 2 is 1.61 bits per heavy atom. The third-order valence-electron chi connectivity index (χ3n) is 4.43. The van der Waals surface area contributed by atoms with Gasteiger partial charge in [0.15, 0.2) is 5.11 Å². The Morgan fingerprint density at radius 1 is 0.939 bits per heavy atom. The van der Waals surface area contributed by atoms with Crippen LogP contribution < -0.4 is 16.0 Å². The van der Waals surface area contributed by atoms with Crippen LogP contribution in [0.3, 0.4) is 0 Å².